The highest BCUT2D eigenvalue weighted by Crippen LogP contribution is 2.28. The van der Waals surface area contributed by atoms with Gasteiger partial charge in [0, 0.05) is 19.3 Å². The molecule has 1 heterocycles. The van der Waals surface area contributed by atoms with Crippen LogP contribution in [0.1, 0.15) is 38.8 Å². The van der Waals surface area contributed by atoms with Crippen molar-refractivity contribution in [2.45, 2.75) is 46.6 Å². The summed E-state index contributed by atoms with van der Waals surface area (Å²) in [4.78, 5) is 4.55. The standard InChI is InChI=1S/C13H23N3/c1-10(2)7-14-13-15-11(3)8-16(13)9-12-5-4-6-12/h8,10,12H,4-7,9H2,1-3H3,(H,14,15). The molecule has 3 heteroatoms. The number of rotatable bonds is 5. The lowest BCUT2D eigenvalue weighted by Gasteiger charge is -2.26. The molecule has 1 aliphatic rings. The van der Waals surface area contributed by atoms with Crippen LogP contribution in [0.5, 0.6) is 0 Å². The van der Waals surface area contributed by atoms with Crippen LogP contribution in [-0.2, 0) is 6.54 Å². The molecular formula is C13H23N3. The van der Waals surface area contributed by atoms with E-state index in [0.29, 0.717) is 5.92 Å². The van der Waals surface area contributed by atoms with Gasteiger partial charge in [-0.2, -0.15) is 0 Å². The number of aryl methyl sites for hydroxylation is 1. The number of imidazole rings is 1. The van der Waals surface area contributed by atoms with Gasteiger partial charge >= 0.3 is 0 Å². The van der Waals surface area contributed by atoms with Crippen molar-refractivity contribution in [1.29, 1.82) is 0 Å². The molecule has 1 aromatic heterocycles. The van der Waals surface area contributed by atoms with Crippen LogP contribution < -0.4 is 5.32 Å². The molecule has 0 spiro atoms. The Hall–Kier alpha value is -0.990. The van der Waals surface area contributed by atoms with E-state index in [4.69, 9.17) is 0 Å². The zero-order valence-electron chi connectivity index (χ0n) is 10.7. The Labute approximate surface area is 98.3 Å². The predicted molar refractivity (Wildman–Crippen MR) is 67.6 cm³/mol. The van der Waals surface area contributed by atoms with Crippen LogP contribution in [0.4, 0.5) is 5.95 Å². The summed E-state index contributed by atoms with van der Waals surface area (Å²) in [6, 6.07) is 0. The Morgan fingerprint density at radius 1 is 1.50 bits per heavy atom. The fourth-order valence-corrected chi connectivity index (χ4v) is 2.08. The molecule has 0 aliphatic heterocycles. The molecule has 0 amide bonds. The van der Waals surface area contributed by atoms with Crippen molar-refractivity contribution in [3.63, 3.8) is 0 Å². The first kappa shape index (κ1) is 11.5. The van der Waals surface area contributed by atoms with Gasteiger partial charge in [-0.15, -0.1) is 0 Å². The lowest BCUT2D eigenvalue weighted by atomic mass is 9.85. The van der Waals surface area contributed by atoms with Crippen LogP contribution >= 0.6 is 0 Å². The second-order valence-corrected chi connectivity index (χ2v) is 5.43. The normalized spacial score (nSPS) is 16.5. The first-order valence-electron chi connectivity index (χ1n) is 6.43. The van der Waals surface area contributed by atoms with Crippen molar-refractivity contribution in [2.75, 3.05) is 11.9 Å². The van der Waals surface area contributed by atoms with Gasteiger partial charge in [-0.3, -0.25) is 0 Å². The number of aromatic nitrogens is 2. The van der Waals surface area contributed by atoms with E-state index in [-0.39, 0.29) is 0 Å². The van der Waals surface area contributed by atoms with Gasteiger partial charge in [0.2, 0.25) is 5.95 Å². The van der Waals surface area contributed by atoms with Crippen molar-refractivity contribution < 1.29 is 0 Å². The second-order valence-electron chi connectivity index (χ2n) is 5.43. The molecule has 1 aliphatic carbocycles. The number of nitrogens with one attached hydrogen (secondary N) is 1. The largest absolute Gasteiger partial charge is 0.355 e. The second kappa shape index (κ2) is 4.89. The third-order valence-corrected chi connectivity index (χ3v) is 3.25. The molecule has 0 bridgehead atoms. The van der Waals surface area contributed by atoms with E-state index in [2.05, 4.69) is 41.8 Å². The van der Waals surface area contributed by atoms with Gasteiger partial charge in [0.15, 0.2) is 0 Å². The zero-order chi connectivity index (χ0) is 11.5. The molecule has 3 nitrogen and oxygen atoms in total. The van der Waals surface area contributed by atoms with Gasteiger partial charge in [0.25, 0.3) is 0 Å². The summed E-state index contributed by atoms with van der Waals surface area (Å²) in [5.41, 5.74) is 1.12. The van der Waals surface area contributed by atoms with E-state index in [0.717, 1.165) is 30.6 Å². The summed E-state index contributed by atoms with van der Waals surface area (Å²) in [7, 11) is 0. The predicted octanol–water partition coefficient (Wildman–Crippen LogP) is 3.06. The number of hydrogen-bond acceptors (Lipinski definition) is 2. The molecule has 0 aromatic carbocycles. The van der Waals surface area contributed by atoms with E-state index >= 15 is 0 Å². The average molecular weight is 221 g/mol. The van der Waals surface area contributed by atoms with Crippen molar-refractivity contribution in [3.05, 3.63) is 11.9 Å². The van der Waals surface area contributed by atoms with Crippen LogP contribution in [0.25, 0.3) is 0 Å². The van der Waals surface area contributed by atoms with Crippen LogP contribution in [0, 0.1) is 18.8 Å². The maximum atomic E-state index is 4.55. The van der Waals surface area contributed by atoms with Crippen molar-refractivity contribution in [1.82, 2.24) is 9.55 Å². The van der Waals surface area contributed by atoms with Crippen molar-refractivity contribution in [3.8, 4) is 0 Å². The van der Waals surface area contributed by atoms with Gasteiger partial charge in [-0.05, 0) is 31.6 Å². The summed E-state index contributed by atoms with van der Waals surface area (Å²) < 4.78 is 2.29. The lowest BCUT2D eigenvalue weighted by molar-refractivity contribution is 0.277. The Kier molecular flexibility index (Phi) is 3.52. The Bertz CT molecular complexity index is 337. The van der Waals surface area contributed by atoms with E-state index in [1.165, 1.54) is 19.3 Å². The number of nitrogens with zero attached hydrogens (tertiary/aromatic N) is 2. The number of anilines is 1. The van der Waals surface area contributed by atoms with Crippen LogP contribution in [-0.4, -0.2) is 16.1 Å². The van der Waals surface area contributed by atoms with Crippen molar-refractivity contribution >= 4 is 5.95 Å². The number of hydrogen-bond donors (Lipinski definition) is 1. The third-order valence-electron chi connectivity index (χ3n) is 3.25. The lowest BCUT2D eigenvalue weighted by Crippen LogP contribution is -2.20. The Morgan fingerprint density at radius 3 is 2.81 bits per heavy atom. The fourth-order valence-electron chi connectivity index (χ4n) is 2.08. The topological polar surface area (TPSA) is 29.9 Å². The molecule has 2 rings (SSSR count). The van der Waals surface area contributed by atoms with E-state index in [1.807, 2.05) is 0 Å². The van der Waals surface area contributed by atoms with Crippen molar-refractivity contribution in [2.24, 2.45) is 11.8 Å². The first-order valence-corrected chi connectivity index (χ1v) is 6.43. The molecule has 1 saturated carbocycles. The van der Waals surface area contributed by atoms with Gasteiger partial charge < -0.3 is 9.88 Å². The maximum absolute atomic E-state index is 4.55. The summed E-state index contributed by atoms with van der Waals surface area (Å²) in [6.07, 6.45) is 6.36. The molecule has 16 heavy (non-hydrogen) atoms. The minimum Gasteiger partial charge on any atom is -0.355 e. The molecular weight excluding hydrogens is 198 g/mol. The fraction of sp³-hybridized carbons (Fsp3) is 0.769. The molecule has 1 aromatic rings. The first-order chi connectivity index (χ1) is 7.65. The van der Waals surface area contributed by atoms with Gasteiger partial charge in [-0.1, -0.05) is 20.3 Å². The van der Waals surface area contributed by atoms with Gasteiger partial charge in [0.05, 0.1) is 5.69 Å². The minimum absolute atomic E-state index is 0.661. The van der Waals surface area contributed by atoms with Crippen LogP contribution in [0.3, 0.4) is 0 Å². The van der Waals surface area contributed by atoms with Crippen LogP contribution in [0.2, 0.25) is 0 Å². The molecule has 0 atom stereocenters. The summed E-state index contributed by atoms with van der Waals surface area (Å²) in [5, 5.41) is 3.44. The summed E-state index contributed by atoms with van der Waals surface area (Å²) >= 11 is 0. The molecule has 1 N–H and O–H groups in total. The highest BCUT2D eigenvalue weighted by atomic mass is 15.2. The third kappa shape index (κ3) is 2.77. The molecule has 0 saturated heterocycles. The minimum atomic E-state index is 0.661. The van der Waals surface area contributed by atoms with Gasteiger partial charge in [0.1, 0.15) is 0 Å². The highest BCUT2D eigenvalue weighted by Gasteiger charge is 2.19. The zero-order valence-corrected chi connectivity index (χ0v) is 10.7. The average Bonchev–Trinajstić information content (AvgIpc) is 2.49. The molecule has 0 radical (unpaired) electrons. The smallest absolute Gasteiger partial charge is 0.203 e. The summed E-state index contributed by atoms with van der Waals surface area (Å²) in [6.45, 7) is 8.65. The van der Waals surface area contributed by atoms with E-state index in [9.17, 15) is 0 Å². The SMILES string of the molecule is Cc1cn(CC2CCC2)c(NCC(C)C)n1. The molecule has 1 fully saturated rings. The van der Waals surface area contributed by atoms with Gasteiger partial charge in [-0.25, -0.2) is 4.98 Å². The van der Waals surface area contributed by atoms with Crippen LogP contribution in [0.15, 0.2) is 6.20 Å². The molecule has 0 unspecified atom stereocenters. The van der Waals surface area contributed by atoms with E-state index < -0.39 is 0 Å². The monoisotopic (exact) mass is 221 g/mol. The maximum Gasteiger partial charge on any atom is 0.203 e. The van der Waals surface area contributed by atoms with E-state index in [1.54, 1.807) is 0 Å². The Morgan fingerprint density at radius 2 is 2.25 bits per heavy atom. The highest BCUT2D eigenvalue weighted by molar-refractivity contribution is 5.28. The quantitative estimate of drug-likeness (QED) is 0.828. The molecule has 90 valence electrons. The Balaban J connectivity index is 1.98. The summed E-state index contributed by atoms with van der Waals surface area (Å²) in [5.74, 6) is 2.60.